The molecule has 0 saturated carbocycles. The van der Waals surface area contributed by atoms with E-state index >= 15 is 0 Å². The molecule has 0 bridgehead atoms. The predicted octanol–water partition coefficient (Wildman–Crippen LogP) is -0.496. The van der Waals surface area contributed by atoms with E-state index in [0.717, 1.165) is 5.70 Å². The van der Waals surface area contributed by atoms with Crippen LogP contribution in [0.15, 0.2) is 23.9 Å². The first-order chi connectivity index (χ1) is 6.49. The molecule has 0 aromatic heterocycles. The largest absolute Gasteiger partial charge is 0.388 e. The standard InChI is InChI=1S/C8H14N2O3S/c1-9-6-3-4-8(14(11,12)13)7(5-6)10-2/h3-5,7-10H,1-2H3,(H,11,12,13). The fourth-order valence-corrected chi connectivity index (χ4v) is 2.22. The van der Waals surface area contributed by atoms with Crippen molar-refractivity contribution in [3.8, 4) is 0 Å². The van der Waals surface area contributed by atoms with E-state index in [1.54, 1.807) is 26.2 Å². The Hall–Kier alpha value is -0.850. The van der Waals surface area contributed by atoms with Gasteiger partial charge in [0.1, 0.15) is 5.25 Å². The molecule has 3 N–H and O–H groups in total. The lowest BCUT2D eigenvalue weighted by atomic mass is 10.1. The van der Waals surface area contributed by atoms with Gasteiger partial charge in [0.15, 0.2) is 0 Å². The zero-order chi connectivity index (χ0) is 10.8. The fourth-order valence-electron chi connectivity index (χ4n) is 1.36. The third-order valence-electron chi connectivity index (χ3n) is 2.14. The van der Waals surface area contributed by atoms with E-state index in [1.165, 1.54) is 6.08 Å². The van der Waals surface area contributed by atoms with Gasteiger partial charge >= 0.3 is 0 Å². The van der Waals surface area contributed by atoms with E-state index in [1.807, 2.05) is 0 Å². The first-order valence-electron chi connectivity index (χ1n) is 4.20. The van der Waals surface area contributed by atoms with Crippen molar-refractivity contribution in [3.05, 3.63) is 23.9 Å². The summed E-state index contributed by atoms with van der Waals surface area (Å²) in [5.41, 5.74) is 0.823. The molecule has 1 rings (SSSR count). The molecular formula is C8H14N2O3S. The van der Waals surface area contributed by atoms with Crippen LogP contribution in [-0.2, 0) is 10.1 Å². The second kappa shape index (κ2) is 4.12. The smallest absolute Gasteiger partial charge is 0.273 e. The molecule has 0 radical (unpaired) electrons. The minimum atomic E-state index is -4.04. The maximum atomic E-state index is 11.0. The molecule has 6 heteroatoms. The maximum absolute atomic E-state index is 11.0. The molecule has 0 aromatic rings. The summed E-state index contributed by atoms with van der Waals surface area (Å²) in [6.45, 7) is 0. The highest BCUT2D eigenvalue weighted by Gasteiger charge is 2.29. The van der Waals surface area contributed by atoms with Gasteiger partial charge in [-0.15, -0.1) is 0 Å². The zero-order valence-corrected chi connectivity index (χ0v) is 8.88. The average Bonchev–Trinajstić information content (AvgIpc) is 2.15. The van der Waals surface area contributed by atoms with Crippen LogP contribution in [0.4, 0.5) is 0 Å². The van der Waals surface area contributed by atoms with E-state index in [-0.39, 0.29) is 0 Å². The summed E-state index contributed by atoms with van der Waals surface area (Å²) in [6, 6.07) is -0.405. The molecule has 0 amide bonds. The van der Waals surface area contributed by atoms with Crippen LogP contribution < -0.4 is 10.6 Å². The highest BCUT2D eigenvalue weighted by molar-refractivity contribution is 7.86. The van der Waals surface area contributed by atoms with Gasteiger partial charge in [0.05, 0.1) is 0 Å². The number of likely N-dealkylation sites (N-methyl/N-ethyl adjacent to an activating group) is 2. The van der Waals surface area contributed by atoms with Gasteiger partial charge in [0.2, 0.25) is 0 Å². The van der Waals surface area contributed by atoms with Crippen molar-refractivity contribution >= 4 is 10.1 Å². The SMILES string of the molecule is CNC1=CC(NC)C(S(=O)(=O)O)C=C1. The molecule has 0 spiro atoms. The molecule has 2 unspecified atom stereocenters. The number of rotatable bonds is 3. The third kappa shape index (κ3) is 2.34. The fraction of sp³-hybridized carbons (Fsp3) is 0.500. The van der Waals surface area contributed by atoms with Gasteiger partial charge in [-0.2, -0.15) is 8.42 Å². The van der Waals surface area contributed by atoms with Crippen LogP contribution in [0.3, 0.4) is 0 Å². The summed E-state index contributed by atoms with van der Waals surface area (Å²) >= 11 is 0. The lowest BCUT2D eigenvalue weighted by molar-refractivity contribution is 0.463. The van der Waals surface area contributed by atoms with Crippen molar-refractivity contribution in [2.24, 2.45) is 0 Å². The average molecular weight is 218 g/mol. The Morgan fingerprint density at radius 1 is 1.43 bits per heavy atom. The topological polar surface area (TPSA) is 78.4 Å². The lowest BCUT2D eigenvalue weighted by Gasteiger charge is -2.23. The van der Waals surface area contributed by atoms with E-state index in [2.05, 4.69) is 10.6 Å². The number of allylic oxidation sites excluding steroid dienone is 1. The molecule has 0 aliphatic heterocycles. The summed E-state index contributed by atoms with van der Waals surface area (Å²) < 4.78 is 30.9. The minimum absolute atomic E-state index is 0.405. The van der Waals surface area contributed by atoms with E-state index in [4.69, 9.17) is 4.55 Å². The number of nitrogens with one attached hydrogen (secondary N) is 2. The lowest BCUT2D eigenvalue weighted by Crippen LogP contribution is -2.42. The van der Waals surface area contributed by atoms with Crippen molar-refractivity contribution in [3.63, 3.8) is 0 Å². The van der Waals surface area contributed by atoms with Gasteiger partial charge in [-0.05, 0) is 19.2 Å². The Labute approximate surface area is 83.6 Å². The van der Waals surface area contributed by atoms with Crippen LogP contribution in [0.2, 0.25) is 0 Å². The van der Waals surface area contributed by atoms with Gasteiger partial charge in [0, 0.05) is 18.8 Å². The van der Waals surface area contributed by atoms with E-state index in [9.17, 15) is 8.42 Å². The van der Waals surface area contributed by atoms with E-state index in [0.29, 0.717) is 0 Å². The van der Waals surface area contributed by atoms with Crippen molar-refractivity contribution in [1.82, 2.24) is 10.6 Å². The van der Waals surface area contributed by atoms with Crippen LogP contribution in [0.1, 0.15) is 0 Å². The van der Waals surface area contributed by atoms with Crippen molar-refractivity contribution < 1.29 is 13.0 Å². The van der Waals surface area contributed by atoms with Gasteiger partial charge < -0.3 is 10.6 Å². The van der Waals surface area contributed by atoms with Gasteiger partial charge in [-0.1, -0.05) is 6.08 Å². The maximum Gasteiger partial charge on any atom is 0.273 e. The van der Waals surface area contributed by atoms with E-state index < -0.39 is 21.4 Å². The Balaban J connectivity index is 2.95. The first kappa shape index (κ1) is 11.2. The van der Waals surface area contributed by atoms with Gasteiger partial charge in [0.25, 0.3) is 10.1 Å². The third-order valence-corrected chi connectivity index (χ3v) is 3.28. The molecule has 5 nitrogen and oxygen atoms in total. The predicted molar refractivity (Wildman–Crippen MR) is 54.5 cm³/mol. The van der Waals surface area contributed by atoms with Crippen LogP contribution >= 0.6 is 0 Å². The Morgan fingerprint density at radius 2 is 2.07 bits per heavy atom. The molecule has 1 aliphatic rings. The Kier molecular flexibility index (Phi) is 3.30. The molecular weight excluding hydrogens is 204 g/mol. The molecule has 2 atom stereocenters. The van der Waals surface area contributed by atoms with Crippen LogP contribution in [0.25, 0.3) is 0 Å². The monoisotopic (exact) mass is 218 g/mol. The molecule has 0 aromatic carbocycles. The van der Waals surface area contributed by atoms with Crippen LogP contribution in [0, 0.1) is 0 Å². The van der Waals surface area contributed by atoms with Gasteiger partial charge in [-0.25, -0.2) is 0 Å². The second-order valence-corrected chi connectivity index (χ2v) is 4.60. The Morgan fingerprint density at radius 3 is 2.50 bits per heavy atom. The summed E-state index contributed by atoms with van der Waals surface area (Å²) in [6.07, 6.45) is 4.81. The van der Waals surface area contributed by atoms with Gasteiger partial charge in [-0.3, -0.25) is 4.55 Å². The molecule has 0 saturated heterocycles. The highest BCUT2D eigenvalue weighted by Crippen LogP contribution is 2.15. The Bertz CT molecular complexity index is 359. The summed E-state index contributed by atoms with van der Waals surface area (Å²) in [4.78, 5) is 0. The minimum Gasteiger partial charge on any atom is -0.388 e. The van der Waals surface area contributed by atoms with Crippen LogP contribution in [0.5, 0.6) is 0 Å². The summed E-state index contributed by atoms with van der Waals surface area (Å²) in [7, 11) is -0.649. The highest BCUT2D eigenvalue weighted by atomic mass is 32.2. The van der Waals surface area contributed by atoms with Crippen LogP contribution in [-0.4, -0.2) is 38.4 Å². The molecule has 0 fully saturated rings. The molecule has 80 valence electrons. The molecule has 0 heterocycles. The molecule has 1 aliphatic carbocycles. The molecule has 14 heavy (non-hydrogen) atoms. The first-order valence-corrected chi connectivity index (χ1v) is 5.70. The van der Waals surface area contributed by atoms with Crippen molar-refractivity contribution in [1.29, 1.82) is 0 Å². The summed E-state index contributed by atoms with van der Waals surface area (Å²) in [5.74, 6) is 0. The second-order valence-electron chi connectivity index (χ2n) is 3.03. The van der Waals surface area contributed by atoms with Crippen molar-refractivity contribution in [2.75, 3.05) is 14.1 Å². The summed E-state index contributed by atoms with van der Waals surface area (Å²) in [5, 5.41) is 4.80. The number of hydrogen-bond donors (Lipinski definition) is 3. The number of hydrogen-bond acceptors (Lipinski definition) is 4. The quantitative estimate of drug-likeness (QED) is 0.557. The zero-order valence-electron chi connectivity index (χ0n) is 8.06. The normalized spacial score (nSPS) is 27.2. The van der Waals surface area contributed by atoms with Crippen molar-refractivity contribution in [2.45, 2.75) is 11.3 Å².